The van der Waals surface area contributed by atoms with Crippen LogP contribution in [0.5, 0.6) is 5.75 Å². The van der Waals surface area contributed by atoms with Gasteiger partial charge in [-0.3, -0.25) is 14.7 Å². The van der Waals surface area contributed by atoms with Crippen molar-refractivity contribution in [2.45, 2.75) is 58.0 Å². The standard InChI is InChI=1S/C34H38Cl2N4O3/c1-6-34(23-10-15-26(36)16-11-23)30(22-8-13-25(35)14-9-22)40(32(42)39-19-18-37-29(41)21-39)31(38-34)27-17-12-24(33(3,4)5)20-28(27)43-7-2/h8-17,20,30H,6-7,18-19,21H2,1-5H3,(H,37,41). The monoisotopic (exact) mass is 620 g/mol. The third kappa shape index (κ3) is 5.98. The highest BCUT2D eigenvalue weighted by molar-refractivity contribution is 6.30. The summed E-state index contributed by atoms with van der Waals surface area (Å²) in [6.45, 7) is 11.7. The fourth-order valence-corrected chi connectivity index (χ4v) is 6.19. The second-order valence-electron chi connectivity index (χ2n) is 12.0. The number of hydrogen-bond donors (Lipinski definition) is 1. The second-order valence-corrected chi connectivity index (χ2v) is 12.9. The maximum Gasteiger partial charge on any atom is 0.326 e. The topological polar surface area (TPSA) is 74.2 Å². The van der Waals surface area contributed by atoms with Crippen molar-refractivity contribution in [3.8, 4) is 5.75 Å². The van der Waals surface area contributed by atoms with Gasteiger partial charge in [-0.15, -0.1) is 0 Å². The van der Waals surface area contributed by atoms with Crippen molar-refractivity contribution >= 4 is 41.0 Å². The molecular formula is C34H38Cl2N4O3. The molecule has 1 N–H and O–H groups in total. The van der Waals surface area contributed by atoms with Gasteiger partial charge in [-0.25, -0.2) is 4.79 Å². The third-order valence-electron chi connectivity index (χ3n) is 8.22. The number of amides is 3. The fourth-order valence-electron chi connectivity index (χ4n) is 5.94. The highest BCUT2D eigenvalue weighted by Crippen LogP contribution is 2.52. The van der Waals surface area contributed by atoms with Crippen molar-refractivity contribution in [2.75, 3.05) is 26.2 Å². The van der Waals surface area contributed by atoms with Crippen LogP contribution in [0.2, 0.25) is 10.0 Å². The number of carbonyl (C=O) groups is 2. The summed E-state index contributed by atoms with van der Waals surface area (Å²) in [6.07, 6.45) is 0.583. The van der Waals surface area contributed by atoms with Crippen molar-refractivity contribution < 1.29 is 14.3 Å². The summed E-state index contributed by atoms with van der Waals surface area (Å²) in [4.78, 5) is 35.9. The molecule has 0 radical (unpaired) electrons. The lowest BCUT2D eigenvalue weighted by atomic mass is 9.78. The number of rotatable bonds is 6. The van der Waals surface area contributed by atoms with Crippen LogP contribution in [-0.4, -0.2) is 53.8 Å². The van der Waals surface area contributed by atoms with Crippen molar-refractivity contribution in [1.29, 1.82) is 0 Å². The van der Waals surface area contributed by atoms with Gasteiger partial charge >= 0.3 is 6.03 Å². The van der Waals surface area contributed by atoms with Crippen molar-refractivity contribution in [2.24, 2.45) is 4.99 Å². The van der Waals surface area contributed by atoms with E-state index in [1.54, 1.807) is 9.80 Å². The molecule has 1 saturated heterocycles. The summed E-state index contributed by atoms with van der Waals surface area (Å²) in [7, 11) is 0. The zero-order valence-electron chi connectivity index (χ0n) is 25.3. The van der Waals surface area contributed by atoms with E-state index in [-0.39, 0.29) is 23.9 Å². The van der Waals surface area contributed by atoms with Crippen LogP contribution in [-0.2, 0) is 15.7 Å². The molecule has 7 nitrogen and oxygen atoms in total. The van der Waals surface area contributed by atoms with Crippen molar-refractivity contribution in [1.82, 2.24) is 15.1 Å². The number of ether oxygens (including phenoxy) is 1. The molecule has 5 rings (SSSR count). The predicted molar refractivity (Wildman–Crippen MR) is 172 cm³/mol. The molecule has 226 valence electrons. The van der Waals surface area contributed by atoms with E-state index in [1.165, 1.54) is 0 Å². The molecule has 0 bridgehead atoms. The summed E-state index contributed by atoms with van der Waals surface area (Å²) < 4.78 is 6.22. The van der Waals surface area contributed by atoms with E-state index in [0.29, 0.717) is 53.3 Å². The van der Waals surface area contributed by atoms with Gasteiger partial charge in [0.15, 0.2) is 0 Å². The Morgan fingerprint density at radius 2 is 1.67 bits per heavy atom. The summed E-state index contributed by atoms with van der Waals surface area (Å²) in [5.74, 6) is 0.960. The Morgan fingerprint density at radius 1 is 1.02 bits per heavy atom. The molecule has 3 aromatic carbocycles. The highest BCUT2D eigenvalue weighted by atomic mass is 35.5. The highest BCUT2D eigenvalue weighted by Gasteiger charge is 2.53. The molecule has 2 heterocycles. The van der Waals surface area contributed by atoms with Gasteiger partial charge in [0.25, 0.3) is 0 Å². The maximum atomic E-state index is 14.7. The first kappa shape index (κ1) is 30.9. The van der Waals surface area contributed by atoms with Crippen LogP contribution in [0.1, 0.15) is 69.3 Å². The van der Waals surface area contributed by atoms with Crippen LogP contribution in [0.3, 0.4) is 0 Å². The lowest BCUT2D eigenvalue weighted by Gasteiger charge is -2.39. The molecule has 0 spiro atoms. The summed E-state index contributed by atoms with van der Waals surface area (Å²) >= 11 is 12.7. The van der Waals surface area contributed by atoms with Gasteiger partial charge in [-0.05, 0) is 71.8 Å². The van der Waals surface area contributed by atoms with Crippen LogP contribution in [0, 0.1) is 0 Å². The van der Waals surface area contributed by atoms with Gasteiger partial charge < -0.3 is 15.0 Å². The Kier molecular flexibility index (Phi) is 8.77. The molecular weight excluding hydrogens is 583 g/mol. The number of urea groups is 1. The molecule has 2 atom stereocenters. The Morgan fingerprint density at radius 3 is 2.26 bits per heavy atom. The molecule has 9 heteroatoms. The van der Waals surface area contributed by atoms with Crippen molar-refractivity contribution in [3.05, 3.63) is 99.0 Å². The number of aliphatic imine (C=N–C) groups is 1. The van der Waals surface area contributed by atoms with Gasteiger partial charge in [-0.1, -0.05) is 81.2 Å². The van der Waals surface area contributed by atoms with E-state index in [9.17, 15) is 9.59 Å². The number of amidine groups is 1. The Hall–Kier alpha value is -3.55. The van der Waals surface area contributed by atoms with E-state index < -0.39 is 11.6 Å². The van der Waals surface area contributed by atoms with Crippen molar-refractivity contribution in [3.63, 3.8) is 0 Å². The van der Waals surface area contributed by atoms with Crippen LogP contribution < -0.4 is 10.1 Å². The molecule has 43 heavy (non-hydrogen) atoms. The Bertz CT molecular complexity index is 1530. The SMILES string of the molecule is CCOc1cc(C(C)(C)C)ccc1C1=NC(CC)(c2ccc(Cl)cc2)C(c2ccc(Cl)cc2)N1C(=O)N1CCNC(=O)C1. The first-order valence-corrected chi connectivity index (χ1v) is 15.5. The first-order chi connectivity index (χ1) is 20.5. The maximum absolute atomic E-state index is 14.7. The number of hydrogen-bond acceptors (Lipinski definition) is 4. The number of nitrogens with one attached hydrogen (secondary N) is 1. The summed E-state index contributed by atoms with van der Waals surface area (Å²) in [5, 5.41) is 4.04. The minimum absolute atomic E-state index is 0.0305. The molecule has 2 aliphatic heterocycles. The second kappa shape index (κ2) is 12.2. The summed E-state index contributed by atoms with van der Waals surface area (Å²) in [6, 6.07) is 20.5. The Balaban J connectivity index is 1.79. The van der Waals surface area contributed by atoms with Gasteiger partial charge in [0.2, 0.25) is 5.91 Å². The van der Waals surface area contributed by atoms with Crippen LogP contribution in [0.25, 0.3) is 0 Å². The van der Waals surface area contributed by atoms with Gasteiger partial charge in [0.1, 0.15) is 23.7 Å². The largest absolute Gasteiger partial charge is 0.493 e. The minimum atomic E-state index is -0.867. The fraction of sp³-hybridized carbons (Fsp3) is 0.382. The molecule has 3 amide bonds. The Labute approximate surface area is 263 Å². The molecule has 1 fully saturated rings. The zero-order chi connectivity index (χ0) is 30.9. The lowest BCUT2D eigenvalue weighted by molar-refractivity contribution is -0.123. The zero-order valence-corrected chi connectivity index (χ0v) is 26.8. The van der Waals surface area contributed by atoms with E-state index in [4.69, 9.17) is 32.9 Å². The van der Waals surface area contributed by atoms with Crippen LogP contribution in [0.4, 0.5) is 4.79 Å². The number of piperazine rings is 1. The van der Waals surface area contributed by atoms with Gasteiger partial charge in [0, 0.05) is 23.1 Å². The van der Waals surface area contributed by atoms with Gasteiger partial charge in [0.05, 0.1) is 18.2 Å². The smallest absolute Gasteiger partial charge is 0.326 e. The normalized spacial score (nSPS) is 20.6. The molecule has 2 unspecified atom stereocenters. The minimum Gasteiger partial charge on any atom is -0.493 e. The molecule has 3 aromatic rings. The van der Waals surface area contributed by atoms with Crippen LogP contribution in [0.15, 0.2) is 71.7 Å². The molecule has 0 aliphatic carbocycles. The summed E-state index contributed by atoms with van der Waals surface area (Å²) in [5.41, 5.74) is 2.64. The van der Waals surface area contributed by atoms with E-state index in [0.717, 1.165) is 16.7 Å². The number of nitrogens with zero attached hydrogens (tertiary/aromatic N) is 3. The number of carbonyl (C=O) groups excluding carboxylic acids is 2. The van der Waals surface area contributed by atoms with Crippen LogP contribution >= 0.6 is 23.2 Å². The number of benzene rings is 3. The number of halogens is 2. The first-order valence-electron chi connectivity index (χ1n) is 14.7. The average molecular weight is 622 g/mol. The molecule has 2 aliphatic rings. The van der Waals surface area contributed by atoms with Gasteiger partial charge in [-0.2, -0.15) is 0 Å². The average Bonchev–Trinajstić information content (AvgIpc) is 3.33. The predicted octanol–water partition coefficient (Wildman–Crippen LogP) is 7.35. The van der Waals surface area contributed by atoms with E-state index in [1.807, 2.05) is 67.6 Å². The quantitative estimate of drug-likeness (QED) is 0.313. The van der Waals surface area contributed by atoms with E-state index in [2.05, 4.69) is 39.1 Å². The lowest BCUT2D eigenvalue weighted by Crippen LogP contribution is -2.55. The molecule has 0 aromatic heterocycles. The molecule has 0 saturated carbocycles. The van der Waals surface area contributed by atoms with E-state index >= 15 is 0 Å². The third-order valence-corrected chi connectivity index (χ3v) is 8.72.